The first kappa shape index (κ1) is 21.1. The molecule has 0 aromatic heterocycles. The molecule has 22 heavy (non-hydrogen) atoms. The molecule has 128 valence electrons. The fraction of sp³-hybridized carbons (Fsp3) is 0.750. The van der Waals surface area contributed by atoms with Gasteiger partial charge in [0.15, 0.2) is 0 Å². The molecule has 0 saturated heterocycles. The zero-order valence-electron chi connectivity index (χ0n) is 15.9. The molecule has 1 saturated carbocycles. The third kappa shape index (κ3) is 9.19. The number of hydrogen-bond donors (Lipinski definition) is 0. The summed E-state index contributed by atoms with van der Waals surface area (Å²) < 4.78 is 0. The average molecular weight is 307 g/mol. The minimum atomic E-state index is 0.738. The summed E-state index contributed by atoms with van der Waals surface area (Å²) in [7, 11) is 0. The second kappa shape index (κ2) is 12.6. The molecule has 1 fully saturated rings. The van der Waals surface area contributed by atoms with Crippen molar-refractivity contribution in [1.82, 2.24) is 4.90 Å². The van der Waals surface area contributed by atoms with Gasteiger partial charge in [-0.2, -0.15) is 0 Å². The van der Waals surface area contributed by atoms with Gasteiger partial charge in [0.2, 0.25) is 0 Å². The van der Waals surface area contributed by atoms with Gasteiger partial charge in [0.25, 0.3) is 0 Å². The molecule has 0 bridgehead atoms. The lowest BCUT2D eigenvalue weighted by molar-refractivity contribution is 0.185. The van der Waals surface area contributed by atoms with Crippen molar-refractivity contribution in [1.29, 1.82) is 0 Å². The Kier molecular flexibility index (Phi) is 12.1. The monoisotopic (exact) mass is 306 g/mol. The van der Waals surface area contributed by atoms with Gasteiger partial charge in [-0.3, -0.25) is 9.89 Å². The molecule has 0 unspecified atom stereocenters. The van der Waals surface area contributed by atoms with Crippen LogP contribution in [0.4, 0.5) is 0 Å². The summed E-state index contributed by atoms with van der Waals surface area (Å²) in [5.74, 6) is 0. The highest BCUT2D eigenvalue weighted by molar-refractivity contribution is 5.80. The van der Waals surface area contributed by atoms with E-state index in [-0.39, 0.29) is 0 Å². The summed E-state index contributed by atoms with van der Waals surface area (Å²) in [5.41, 5.74) is 3.62. The van der Waals surface area contributed by atoms with Crippen molar-refractivity contribution in [3.05, 3.63) is 23.9 Å². The number of rotatable bonds is 7. The van der Waals surface area contributed by atoms with Crippen LogP contribution >= 0.6 is 0 Å². The van der Waals surface area contributed by atoms with Crippen molar-refractivity contribution >= 4 is 5.71 Å². The van der Waals surface area contributed by atoms with Crippen molar-refractivity contribution in [3.8, 4) is 0 Å². The first-order valence-electron chi connectivity index (χ1n) is 9.12. The van der Waals surface area contributed by atoms with Crippen LogP contribution in [0, 0.1) is 0 Å². The fourth-order valence-corrected chi connectivity index (χ4v) is 2.91. The van der Waals surface area contributed by atoms with E-state index in [1.165, 1.54) is 43.4 Å². The van der Waals surface area contributed by atoms with Gasteiger partial charge in [-0.05, 0) is 46.1 Å². The minimum Gasteiger partial charge on any atom is -0.293 e. The lowest BCUT2D eigenvalue weighted by Crippen LogP contribution is -2.38. The maximum atomic E-state index is 4.62. The molecule has 0 heterocycles. The van der Waals surface area contributed by atoms with Gasteiger partial charge in [-0.25, -0.2) is 0 Å². The van der Waals surface area contributed by atoms with Crippen LogP contribution < -0.4 is 0 Å². The van der Waals surface area contributed by atoms with Gasteiger partial charge in [-0.1, -0.05) is 52.2 Å². The van der Waals surface area contributed by atoms with Crippen molar-refractivity contribution in [2.75, 3.05) is 13.1 Å². The summed E-state index contributed by atoms with van der Waals surface area (Å²) in [5, 5.41) is 0. The van der Waals surface area contributed by atoms with E-state index in [4.69, 9.17) is 0 Å². The molecule has 1 aliphatic carbocycles. The molecule has 0 N–H and O–H groups in total. The molecule has 0 aromatic carbocycles. The van der Waals surface area contributed by atoms with Crippen LogP contribution in [-0.2, 0) is 0 Å². The molecule has 0 aliphatic heterocycles. The van der Waals surface area contributed by atoms with E-state index in [2.05, 4.69) is 50.2 Å². The number of hydrogen-bond acceptors (Lipinski definition) is 2. The molecule has 0 atom stereocenters. The van der Waals surface area contributed by atoms with Gasteiger partial charge < -0.3 is 0 Å². The van der Waals surface area contributed by atoms with Crippen LogP contribution in [0.15, 0.2) is 28.9 Å². The molecule has 0 amide bonds. The average Bonchev–Trinajstić information content (AvgIpc) is 2.52. The van der Waals surface area contributed by atoms with E-state index in [9.17, 15) is 0 Å². The fourth-order valence-electron chi connectivity index (χ4n) is 2.91. The van der Waals surface area contributed by atoms with E-state index < -0.39 is 0 Å². The Balaban J connectivity index is 0.00000211. The van der Waals surface area contributed by atoms with Gasteiger partial charge in [0, 0.05) is 30.5 Å². The van der Waals surface area contributed by atoms with Crippen molar-refractivity contribution in [2.24, 2.45) is 4.99 Å². The summed E-state index contributed by atoms with van der Waals surface area (Å²) in [4.78, 5) is 7.22. The molecule has 0 radical (unpaired) electrons. The SMILES string of the molecule is C=C(C)CN(C/C=C(/CC)N=C(C)C)C1CCCCC1.CC. The van der Waals surface area contributed by atoms with Crippen LogP contribution in [0.1, 0.15) is 80.1 Å². The van der Waals surface area contributed by atoms with Crippen LogP contribution in [0.3, 0.4) is 0 Å². The van der Waals surface area contributed by atoms with Gasteiger partial charge in [-0.15, -0.1) is 0 Å². The highest BCUT2D eigenvalue weighted by atomic mass is 15.1. The molecule has 1 rings (SSSR count). The summed E-state index contributed by atoms with van der Waals surface area (Å²) in [6.45, 7) is 18.6. The zero-order valence-corrected chi connectivity index (χ0v) is 15.9. The quantitative estimate of drug-likeness (QED) is 0.416. The Morgan fingerprint density at radius 1 is 1.14 bits per heavy atom. The Bertz CT molecular complexity index is 356. The Labute approximate surface area is 139 Å². The summed E-state index contributed by atoms with van der Waals surface area (Å²) in [6.07, 6.45) is 10.2. The van der Waals surface area contributed by atoms with Gasteiger partial charge >= 0.3 is 0 Å². The van der Waals surface area contributed by atoms with Gasteiger partial charge in [0.05, 0.1) is 0 Å². The normalized spacial score (nSPS) is 16.0. The first-order chi connectivity index (χ1) is 10.5. The van der Waals surface area contributed by atoms with Crippen LogP contribution in [0.5, 0.6) is 0 Å². The van der Waals surface area contributed by atoms with Crippen molar-refractivity contribution in [2.45, 2.75) is 86.1 Å². The minimum absolute atomic E-state index is 0.738. The standard InChI is InChI=1S/C18H32N2.C2H6/c1-6-17(19-16(4)5)12-13-20(14-15(2)3)18-10-8-7-9-11-18;1-2/h12,18H,2,6-11,13-14H2,1,3-5H3;1-2H3/b17-12-;. The van der Waals surface area contributed by atoms with E-state index in [1.54, 1.807) is 0 Å². The molecule has 0 aromatic rings. The zero-order chi connectivity index (χ0) is 17.0. The maximum absolute atomic E-state index is 4.62. The number of aliphatic imine (C=N–C) groups is 1. The molecule has 1 aliphatic rings. The smallest absolute Gasteiger partial charge is 0.0372 e. The molecule has 2 nitrogen and oxygen atoms in total. The topological polar surface area (TPSA) is 15.6 Å². The molecular formula is C20H38N2. The van der Waals surface area contributed by atoms with Crippen molar-refractivity contribution in [3.63, 3.8) is 0 Å². The maximum Gasteiger partial charge on any atom is 0.0372 e. The first-order valence-corrected chi connectivity index (χ1v) is 9.12. The molecular weight excluding hydrogens is 268 g/mol. The highest BCUT2D eigenvalue weighted by Crippen LogP contribution is 2.23. The number of nitrogens with zero attached hydrogens (tertiary/aromatic N) is 2. The van der Waals surface area contributed by atoms with Crippen LogP contribution in [0.25, 0.3) is 0 Å². The van der Waals surface area contributed by atoms with E-state index in [1.807, 2.05) is 13.8 Å². The third-order valence-corrected chi connectivity index (χ3v) is 3.85. The van der Waals surface area contributed by atoms with Crippen molar-refractivity contribution < 1.29 is 0 Å². The molecule has 0 spiro atoms. The largest absolute Gasteiger partial charge is 0.293 e. The van der Waals surface area contributed by atoms with Crippen LogP contribution in [-0.4, -0.2) is 29.7 Å². The lowest BCUT2D eigenvalue weighted by atomic mass is 9.94. The summed E-state index contributed by atoms with van der Waals surface area (Å²) in [6, 6.07) is 0.738. The Morgan fingerprint density at radius 3 is 2.18 bits per heavy atom. The Morgan fingerprint density at radius 2 is 1.73 bits per heavy atom. The predicted molar refractivity (Wildman–Crippen MR) is 102 cm³/mol. The second-order valence-corrected chi connectivity index (χ2v) is 6.29. The predicted octanol–water partition coefficient (Wildman–Crippen LogP) is 6.00. The van der Waals surface area contributed by atoms with E-state index >= 15 is 0 Å². The number of allylic oxidation sites excluding steroid dienone is 1. The Hall–Kier alpha value is -0.890. The third-order valence-electron chi connectivity index (χ3n) is 3.85. The van der Waals surface area contributed by atoms with Crippen LogP contribution in [0.2, 0.25) is 0 Å². The van der Waals surface area contributed by atoms with E-state index in [0.29, 0.717) is 0 Å². The van der Waals surface area contributed by atoms with E-state index in [0.717, 1.165) is 31.3 Å². The lowest BCUT2D eigenvalue weighted by Gasteiger charge is -2.33. The van der Waals surface area contributed by atoms with Gasteiger partial charge in [0.1, 0.15) is 0 Å². The summed E-state index contributed by atoms with van der Waals surface area (Å²) >= 11 is 0. The highest BCUT2D eigenvalue weighted by Gasteiger charge is 2.20. The second-order valence-electron chi connectivity index (χ2n) is 6.29. The molecule has 2 heteroatoms.